The number of pyridine rings is 1. The molecule has 7 nitrogen and oxygen atoms in total. The molecule has 0 bridgehead atoms. The summed E-state index contributed by atoms with van der Waals surface area (Å²) in [4.78, 5) is 8.73. The molecule has 152 valence electrons. The number of sulfonamides is 1. The van der Waals surface area contributed by atoms with Crippen LogP contribution in [0, 0.1) is 0 Å². The van der Waals surface area contributed by atoms with Gasteiger partial charge in [0.05, 0.1) is 24.7 Å². The van der Waals surface area contributed by atoms with Crippen molar-refractivity contribution in [2.24, 2.45) is 0 Å². The Bertz CT molecular complexity index is 1240. The van der Waals surface area contributed by atoms with E-state index in [0.29, 0.717) is 5.69 Å². The van der Waals surface area contributed by atoms with Gasteiger partial charge >= 0.3 is 0 Å². The quantitative estimate of drug-likeness (QED) is 0.432. The summed E-state index contributed by atoms with van der Waals surface area (Å²) in [6, 6.07) is 17.3. The van der Waals surface area contributed by atoms with Gasteiger partial charge in [0.15, 0.2) is 5.13 Å². The molecule has 0 aliphatic carbocycles. The summed E-state index contributed by atoms with van der Waals surface area (Å²) in [6.07, 6.45) is 3.44. The van der Waals surface area contributed by atoms with Crippen LogP contribution in [0.4, 0.5) is 16.5 Å². The normalized spacial score (nSPS) is 11.1. The zero-order valence-electron chi connectivity index (χ0n) is 15.9. The van der Waals surface area contributed by atoms with Gasteiger partial charge in [0.1, 0.15) is 10.6 Å². The first kappa shape index (κ1) is 19.9. The van der Waals surface area contributed by atoms with E-state index in [2.05, 4.69) is 20.0 Å². The molecule has 0 aliphatic rings. The minimum atomic E-state index is -3.77. The van der Waals surface area contributed by atoms with E-state index in [1.54, 1.807) is 42.7 Å². The molecule has 2 aromatic heterocycles. The second-order valence-corrected chi connectivity index (χ2v) is 8.75. The number of nitrogens with one attached hydrogen (secondary N) is 2. The average Bonchev–Trinajstić information content (AvgIpc) is 3.23. The number of aromatic nitrogens is 2. The third-order valence-electron chi connectivity index (χ3n) is 4.21. The molecule has 2 N–H and O–H groups in total. The van der Waals surface area contributed by atoms with E-state index in [1.165, 1.54) is 24.5 Å². The molecular formula is C21H18N4O3S2. The lowest BCUT2D eigenvalue weighted by Crippen LogP contribution is -2.13. The highest BCUT2D eigenvalue weighted by atomic mass is 32.2. The van der Waals surface area contributed by atoms with Crippen molar-refractivity contribution in [3.8, 4) is 17.0 Å². The smallest absolute Gasteiger partial charge is 0.265 e. The van der Waals surface area contributed by atoms with E-state index in [0.717, 1.165) is 22.1 Å². The van der Waals surface area contributed by atoms with Crippen LogP contribution in [-0.4, -0.2) is 25.5 Å². The second-order valence-electron chi connectivity index (χ2n) is 6.24. The number of hydrogen-bond donors (Lipinski definition) is 2. The maximum atomic E-state index is 12.7. The summed E-state index contributed by atoms with van der Waals surface area (Å²) in [5.41, 5.74) is 2.99. The number of rotatable bonds is 7. The van der Waals surface area contributed by atoms with Crippen LogP contribution in [0.1, 0.15) is 0 Å². The van der Waals surface area contributed by atoms with Gasteiger partial charge < -0.3 is 10.1 Å². The van der Waals surface area contributed by atoms with Crippen molar-refractivity contribution < 1.29 is 13.2 Å². The summed E-state index contributed by atoms with van der Waals surface area (Å²) in [5.74, 6) is 0.290. The fourth-order valence-electron chi connectivity index (χ4n) is 2.78. The molecule has 0 radical (unpaired) electrons. The molecule has 0 saturated carbocycles. The Labute approximate surface area is 178 Å². The number of nitrogens with zero attached hydrogens (tertiary/aromatic N) is 2. The van der Waals surface area contributed by atoms with Gasteiger partial charge in [0.2, 0.25) is 0 Å². The molecule has 2 aromatic carbocycles. The topological polar surface area (TPSA) is 93.2 Å². The molecule has 0 saturated heterocycles. The summed E-state index contributed by atoms with van der Waals surface area (Å²) in [7, 11) is -2.33. The first-order chi connectivity index (χ1) is 14.5. The van der Waals surface area contributed by atoms with Crippen molar-refractivity contribution in [3.63, 3.8) is 0 Å². The first-order valence-electron chi connectivity index (χ1n) is 8.94. The number of thiazole rings is 1. The molecule has 0 aliphatic heterocycles. The first-order valence-corrected chi connectivity index (χ1v) is 11.3. The monoisotopic (exact) mass is 438 g/mol. The highest BCUT2D eigenvalue weighted by Gasteiger charge is 2.19. The zero-order chi connectivity index (χ0) is 21.0. The van der Waals surface area contributed by atoms with Gasteiger partial charge in [-0.2, -0.15) is 0 Å². The standard InChI is InChI=1S/C21H18N4O3S2/c1-28-19-6-2-3-7-20(19)30(26,27)25-16-10-8-15(9-11-16)18-14-29-21(24-18)23-17-5-4-12-22-13-17/h2-14,25H,1H3,(H,23,24). The summed E-state index contributed by atoms with van der Waals surface area (Å²) in [5, 5.41) is 5.89. The lowest BCUT2D eigenvalue weighted by atomic mass is 10.1. The van der Waals surface area contributed by atoms with E-state index in [4.69, 9.17) is 4.74 Å². The molecule has 4 aromatic rings. The minimum absolute atomic E-state index is 0.0854. The van der Waals surface area contributed by atoms with E-state index >= 15 is 0 Å². The van der Waals surface area contributed by atoms with Gasteiger partial charge in [-0.1, -0.05) is 24.3 Å². The van der Waals surface area contributed by atoms with Crippen LogP contribution in [0.2, 0.25) is 0 Å². The Morgan fingerprint density at radius 1 is 0.967 bits per heavy atom. The molecule has 9 heteroatoms. The van der Waals surface area contributed by atoms with Gasteiger partial charge in [0.25, 0.3) is 10.0 Å². The van der Waals surface area contributed by atoms with Crippen molar-refractivity contribution in [1.82, 2.24) is 9.97 Å². The third-order valence-corrected chi connectivity index (χ3v) is 6.39. The molecule has 4 rings (SSSR count). The van der Waals surface area contributed by atoms with Gasteiger partial charge in [0, 0.05) is 22.8 Å². The molecule has 2 heterocycles. The fraction of sp³-hybridized carbons (Fsp3) is 0.0476. The SMILES string of the molecule is COc1ccccc1S(=O)(=O)Nc1ccc(-c2csc(Nc3cccnc3)n2)cc1. The number of benzene rings is 2. The van der Waals surface area contributed by atoms with Gasteiger partial charge in [-0.25, -0.2) is 13.4 Å². The van der Waals surface area contributed by atoms with Gasteiger partial charge in [-0.05, 0) is 36.4 Å². The predicted octanol–water partition coefficient (Wildman–Crippen LogP) is 4.76. The zero-order valence-corrected chi connectivity index (χ0v) is 17.6. The fourth-order valence-corrected chi connectivity index (χ4v) is 4.75. The summed E-state index contributed by atoms with van der Waals surface area (Å²) in [6.45, 7) is 0. The molecular weight excluding hydrogens is 420 g/mol. The second kappa shape index (κ2) is 8.52. The van der Waals surface area contributed by atoms with Gasteiger partial charge in [-0.15, -0.1) is 11.3 Å². The number of anilines is 3. The number of para-hydroxylation sites is 1. The highest BCUT2D eigenvalue weighted by Crippen LogP contribution is 2.29. The maximum Gasteiger partial charge on any atom is 0.265 e. The molecule has 0 fully saturated rings. The summed E-state index contributed by atoms with van der Waals surface area (Å²) < 4.78 is 33.1. The minimum Gasteiger partial charge on any atom is -0.495 e. The van der Waals surface area contributed by atoms with Crippen LogP contribution in [0.25, 0.3) is 11.3 Å². The number of ether oxygens (including phenoxy) is 1. The maximum absolute atomic E-state index is 12.7. The van der Waals surface area contributed by atoms with Crippen molar-refractivity contribution >= 4 is 37.9 Å². The highest BCUT2D eigenvalue weighted by molar-refractivity contribution is 7.92. The van der Waals surface area contributed by atoms with Crippen molar-refractivity contribution in [2.45, 2.75) is 4.90 Å². The van der Waals surface area contributed by atoms with Crippen molar-refractivity contribution in [1.29, 1.82) is 0 Å². The molecule has 0 unspecified atom stereocenters. The van der Waals surface area contributed by atoms with Crippen LogP contribution in [-0.2, 0) is 10.0 Å². The van der Waals surface area contributed by atoms with Crippen molar-refractivity contribution in [2.75, 3.05) is 17.1 Å². The van der Waals surface area contributed by atoms with Gasteiger partial charge in [-0.3, -0.25) is 9.71 Å². The van der Waals surface area contributed by atoms with Crippen LogP contribution in [0.15, 0.2) is 83.3 Å². The van der Waals surface area contributed by atoms with E-state index in [1.807, 2.05) is 29.6 Å². The number of hydrogen-bond acceptors (Lipinski definition) is 7. The molecule has 0 amide bonds. The number of methoxy groups -OCH3 is 1. The lowest BCUT2D eigenvalue weighted by molar-refractivity contribution is 0.403. The van der Waals surface area contributed by atoms with E-state index < -0.39 is 10.0 Å². The molecule has 30 heavy (non-hydrogen) atoms. The molecule has 0 atom stereocenters. The van der Waals surface area contributed by atoms with Crippen LogP contribution >= 0.6 is 11.3 Å². The Balaban J connectivity index is 1.49. The molecule has 0 spiro atoms. The third kappa shape index (κ3) is 4.42. The Morgan fingerprint density at radius 3 is 2.50 bits per heavy atom. The van der Waals surface area contributed by atoms with Crippen molar-refractivity contribution in [3.05, 3.63) is 78.4 Å². The summed E-state index contributed by atoms with van der Waals surface area (Å²) >= 11 is 1.48. The Morgan fingerprint density at radius 2 is 1.77 bits per heavy atom. The Kier molecular flexibility index (Phi) is 5.64. The van der Waals surface area contributed by atoms with Crippen LogP contribution in [0.5, 0.6) is 5.75 Å². The predicted molar refractivity (Wildman–Crippen MR) is 119 cm³/mol. The Hall–Kier alpha value is -3.43. The van der Waals surface area contributed by atoms with Crippen LogP contribution in [0.3, 0.4) is 0 Å². The average molecular weight is 439 g/mol. The lowest BCUT2D eigenvalue weighted by Gasteiger charge is -2.11. The van der Waals surface area contributed by atoms with E-state index in [-0.39, 0.29) is 10.6 Å². The van der Waals surface area contributed by atoms with E-state index in [9.17, 15) is 8.42 Å². The largest absolute Gasteiger partial charge is 0.495 e. The van der Waals surface area contributed by atoms with Crippen LogP contribution < -0.4 is 14.8 Å².